The lowest BCUT2D eigenvalue weighted by atomic mass is 9.98. The van der Waals surface area contributed by atoms with E-state index in [2.05, 4.69) is 62.9 Å². The molecule has 0 fully saturated rings. The van der Waals surface area contributed by atoms with Crippen molar-refractivity contribution in [3.63, 3.8) is 0 Å². The van der Waals surface area contributed by atoms with E-state index in [-0.39, 0.29) is 0 Å². The van der Waals surface area contributed by atoms with Crippen molar-refractivity contribution in [3.05, 3.63) is 58.2 Å². The van der Waals surface area contributed by atoms with E-state index < -0.39 is 0 Å². The molecule has 2 aromatic rings. The number of aryl methyl sites for hydroxylation is 1. The molecule has 0 N–H and O–H groups in total. The Bertz CT molecular complexity index is 787. The van der Waals surface area contributed by atoms with Gasteiger partial charge in [-0.3, -0.25) is 0 Å². The standard InChI is InChI=1S/C18H18O/c1-12-4-7-15(8-5-12)11-17-14(3)19-18-10-13(2)6-9-16(17)18/h4,6-12H,3,5H2,1-2H3/b17-11+. The van der Waals surface area contributed by atoms with Gasteiger partial charge in [-0.1, -0.05) is 43.9 Å². The van der Waals surface area contributed by atoms with Crippen molar-refractivity contribution in [2.75, 3.05) is 0 Å². The molecule has 1 nitrogen and oxygen atoms in total. The van der Waals surface area contributed by atoms with Crippen molar-refractivity contribution in [2.24, 2.45) is 5.92 Å². The molecule has 1 unspecified atom stereocenters. The summed E-state index contributed by atoms with van der Waals surface area (Å²) < 4.78 is 5.75. The molecule has 0 saturated heterocycles. The zero-order valence-electron chi connectivity index (χ0n) is 11.4. The minimum Gasteiger partial charge on any atom is -0.457 e. The Kier molecular flexibility index (Phi) is 2.90. The maximum absolute atomic E-state index is 5.75. The Morgan fingerprint density at radius 3 is 2.95 bits per heavy atom. The fourth-order valence-corrected chi connectivity index (χ4v) is 2.45. The van der Waals surface area contributed by atoms with E-state index >= 15 is 0 Å². The summed E-state index contributed by atoms with van der Waals surface area (Å²) in [5.41, 5.74) is 4.11. The topological polar surface area (TPSA) is 13.1 Å². The molecule has 1 atom stereocenters. The minimum atomic E-state index is 0.639. The molecule has 19 heavy (non-hydrogen) atoms. The Hall–Kier alpha value is -2.02. The van der Waals surface area contributed by atoms with Gasteiger partial charge in [0.2, 0.25) is 0 Å². The van der Waals surface area contributed by atoms with Crippen molar-refractivity contribution in [2.45, 2.75) is 20.3 Å². The summed E-state index contributed by atoms with van der Waals surface area (Å²) in [5, 5.41) is 2.24. The highest BCUT2D eigenvalue weighted by Gasteiger charge is 2.05. The second-order valence-electron chi connectivity index (χ2n) is 5.36. The number of hydrogen-bond donors (Lipinski definition) is 0. The number of hydrogen-bond acceptors (Lipinski definition) is 1. The molecule has 1 heteroatoms. The van der Waals surface area contributed by atoms with Crippen molar-refractivity contribution < 1.29 is 4.42 Å². The quantitative estimate of drug-likeness (QED) is 0.755. The Labute approximate surface area is 113 Å². The van der Waals surface area contributed by atoms with Crippen LogP contribution in [0.5, 0.6) is 0 Å². The monoisotopic (exact) mass is 250 g/mol. The third-order valence-electron chi connectivity index (χ3n) is 3.61. The Balaban J connectivity index is 2.18. The van der Waals surface area contributed by atoms with E-state index in [1.54, 1.807) is 0 Å². The van der Waals surface area contributed by atoms with Gasteiger partial charge in [0.25, 0.3) is 0 Å². The van der Waals surface area contributed by atoms with Crippen molar-refractivity contribution >= 4 is 23.6 Å². The van der Waals surface area contributed by atoms with Crippen LogP contribution in [-0.4, -0.2) is 0 Å². The highest BCUT2D eigenvalue weighted by Crippen LogP contribution is 2.17. The lowest BCUT2D eigenvalue weighted by Crippen LogP contribution is -2.18. The van der Waals surface area contributed by atoms with Crippen LogP contribution in [0.25, 0.3) is 23.6 Å². The Morgan fingerprint density at radius 2 is 2.21 bits per heavy atom. The molecule has 0 aliphatic heterocycles. The summed E-state index contributed by atoms with van der Waals surface area (Å²) in [5.74, 6) is 0.639. The van der Waals surface area contributed by atoms with E-state index in [1.165, 1.54) is 11.1 Å². The molecular weight excluding hydrogens is 232 g/mol. The van der Waals surface area contributed by atoms with Crippen LogP contribution in [0.4, 0.5) is 0 Å². The maximum atomic E-state index is 5.75. The zero-order chi connectivity index (χ0) is 13.4. The van der Waals surface area contributed by atoms with Gasteiger partial charge in [-0.15, -0.1) is 0 Å². The normalized spacial score (nSPS) is 20.0. The first-order valence-electron chi connectivity index (χ1n) is 6.72. The van der Waals surface area contributed by atoms with Gasteiger partial charge in [0, 0.05) is 10.6 Å². The van der Waals surface area contributed by atoms with Gasteiger partial charge in [0.15, 0.2) is 0 Å². The number of furan rings is 1. The molecule has 0 bridgehead atoms. The van der Waals surface area contributed by atoms with Gasteiger partial charge in [0.1, 0.15) is 11.0 Å². The van der Waals surface area contributed by atoms with Gasteiger partial charge < -0.3 is 4.42 Å². The smallest absolute Gasteiger partial charge is 0.135 e. The number of rotatable bonds is 1. The minimum absolute atomic E-state index is 0.639. The summed E-state index contributed by atoms with van der Waals surface area (Å²) in [6, 6.07) is 6.29. The van der Waals surface area contributed by atoms with Crippen LogP contribution in [0.1, 0.15) is 18.9 Å². The maximum Gasteiger partial charge on any atom is 0.135 e. The predicted molar refractivity (Wildman–Crippen MR) is 81.2 cm³/mol. The zero-order valence-corrected chi connectivity index (χ0v) is 11.4. The van der Waals surface area contributed by atoms with E-state index in [9.17, 15) is 0 Å². The average molecular weight is 250 g/mol. The first kappa shape index (κ1) is 12.0. The molecule has 1 aliphatic rings. The van der Waals surface area contributed by atoms with Gasteiger partial charge in [-0.2, -0.15) is 0 Å². The molecule has 1 heterocycles. The third-order valence-corrected chi connectivity index (χ3v) is 3.61. The average Bonchev–Trinajstić information content (AvgIpc) is 2.68. The van der Waals surface area contributed by atoms with E-state index in [1.807, 2.05) is 0 Å². The van der Waals surface area contributed by atoms with Crippen molar-refractivity contribution in [3.8, 4) is 0 Å². The third kappa shape index (κ3) is 2.28. The molecule has 0 amide bonds. The van der Waals surface area contributed by atoms with Crippen molar-refractivity contribution in [1.82, 2.24) is 0 Å². The van der Waals surface area contributed by atoms with Crippen molar-refractivity contribution in [1.29, 1.82) is 0 Å². The fourth-order valence-electron chi connectivity index (χ4n) is 2.45. The fraction of sp³-hybridized carbons (Fsp3) is 0.222. The second kappa shape index (κ2) is 4.58. The predicted octanol–water partition coefficient (Wildman–Crippen LogP) is 3.45. The van der Waals surface area contributed by atoms with Crippen LogP contribution in [0.3, 0.4) is 0 Å². The van der Waals surface area contributed by atoms with Crippen LogP contribution < -0.4 is 10.6 Å². The number of benzene rings is 1. The lowest BCUT2D eigenvalue weighted by molar-refractivity contribution is 0.577. The van der Waals surface area contributed by atoms with Crippen LogP contribution in [0.2, 0.25) is 0 Å². The lowest BCUT2D eigenvalue weighted by Gasteiger charge is -2.08. The van der Waals surface area contributed by atoms with Gasteiger partial charge in [-0.05, 0) is 42.5 Å². The summed E-state index contributed by atoms with van der Waals surface area (Å²) in [4.78, 5) is 0. The largest absolute Gasteiger partial charge is 0.457 e. The van der Waals surface area contributed by atoms with E-state index in [0.29, 0.717) is 5.92 Å². The van der Waals surface area contributed by atoms with Crippen LogP contribution in [-0.2, 0) is 0 Å². The molecule has 96 valence electrons. The molecule has 1 aromatic heterocycles. The summed E-state index contributed by atoms with van der Waals surface area (Å²) >= 11 is 0. The Morgan fingerprint density at radius 1 is 1.37 bits per heavy atom. The van der Waals surface area contributed by atoms with Crippen LogP contribution in [0.15, 0.2) is 46.4 Å². The van der Waals surface area contributed by atoms with E-state index in [4.69, 9.17) is 4.42 Å². The second-order valence-corrected chi connectivity index (χ2v) is 5.36. The molecule has 0 saturated carbocycles. The first-order chi connectivity index (χ1) is 9.13. The highest BCUT2D eigenvalue weighted by atomic mass is 16.3. The molecular formula is C18H18O. The van der Waals surface area contributed by atoms with E-state index in [0.717, 1.165) is 28.0 Å². The molecule has 3 rings (SSSR count). The van der Waals surface area contributed by atoms with Gasteiger partial charge in [-0.25, -0.2) is 0 Å². The highest BCUT2D eigenvalue weighted by molar-refractivity contribution is 5.81. The first-order valence-corrected chi connectivity index (χ1v) is 6.72. The molecule has 0 spiro atoms. The SMILES string of the molecule is C=c1oc2cc(C)ccc2/c1=C/C1=CCC(C)C=C1. The molecule has 0 radical (unpaired) electrons. The number of allylic oxidation sites excluding steroid dienone is 4. The summed E-state index contributed by atoms with van der Waals surface area (Å²) in [7, 11) is 0. The summed E-state index contributed by atoms with van der Waals surface area (Å²) in [6.45, 7) is 8.32. The number of fused-ring (bicyclic) bond motifs is 1. The molecule has 1 aromatic carbocycles. The molecule has 1 aliphatic carbocycles. The van der Waals surface area contributed by atoms with Gasteiger partial charge >= 0.3 is 0 Å². The van der Waals surface area contributed by atoms with Crippen LogP contribution >= 0.6 is 0 Å². The van der Waals surface area contributed by atoms with Gasteiger partial charge in [0.05, 0.1) is 0 Å². The summed E-state index contributed by atoms with van der Waals surface area (Å²) in [6.07, 6.45) is 9.98. The van der Waals surface area contributed by atoms with Crippen LogP contribution in [0, 0.1) is 12.8 Å².